The van der Waals surface area contributed by atoms with E-state index in [0.29, 0.717) is 0 Å². The van der Waals surface area contributed by atoms with Gasteiger partial charge in [-0.15, -0.1) is 0 Å². The molecule has 0 heteroatoms. The van der Waals surface area contributed by atoms with Crippen molar-refractivity contribution in [1.82, 2.24) is 0 Å². The summed E-state index contributed by atoms with van der Waals surface area (Å²) in [4.78, 5) is 0. The average molecular weight is 361 g/mol. The molecule has 0 aliphatic heterocycles. The molecule has 2 aliphatic carbocycles. The molecule has 0 amide bonds. The summed E-state index contributed by atoms with van der Waals surface area (Å²) in [6, 6.07) is 27.0. The second-order valence-electron chi connectivity index (χ2n) is 8.44. The molecule has 0 atom stereocenters. The van der Waals surface area contributed by atoms with E-state index in [2.05, 4.69) is 78.9 Å². The van der Waals surface area contributed by atoms with Crippen LogP contribution in [-0.2, 0) is 6.42 Å². The van der Waals surface area contributed by atoms with E-state index in [1.807, 2.05) is 0 Å². The molecule has 0 nitrogen and oxygen atoms in total. The first kappa shape index (κ1) is 16.1. The Morgan fingerprint density at radius 2 is 1.39 bits per heavy atom. The molecule has 1 fully saturated rings. The molecule has 28 heavy (non-hydrogen) atoms. The maximum Gasteiger partial charge on any atom is -0.00489 e. The molecular weight excluding hydrogens is 336 g/mol. The third-order valence-corrected chi connectivity index (χ3v) is 6.89. The Hall–Kier alpha value is -2.86. The minimum absolute atomic E-state index is 0.816. The number of rotatable bonds is 2. The fraction of sp³-hybridized carbons (Fsp3) is 0.214. The quantitative estimate of drug-likeness (QED) is 0.320. The van der Waals surface area contributed by atoms with E-state index in [0.717, 1.165) is 12.3 Å². The minimum Gasteiger partial charge on any atom is -0.0621 e. The summed E-state index contributed by atoms with van der Waals surface area (Å²) >= 11 is 0. The van der Waals surface area contributed by atoms with Crippen molar-refractivity contribution in [2.75, 3.05) is 0 Å². The van der Waals surface area contributed by atoms with Gasteiger partial charge in [-0.05, 0) is 69.0 Å². The normalized spacial score (nSPS) is 16.6. The molecule has 0 radical (unpaired) electrons. The molecule has 6 rings (SSSR count). The predicted octanol–water partition coefficient (Wildman–Crippen LogP) is 7.79. The standard InChI is InChI=1S/C28H24/c1-2-8-19(7-1)22-17-21-10-5-12-26(28(21)18-22)25-14-6-13-24-23-11-4-3-9-20(23)15-16-27(24)25/h3-6,9-17,19H,1-2,7-8,18H2. The summed E-state index contributed by atoms with van der Waals surface area (Å²) in [6.07, 6.45) is 9.21. The highest BCUT2D eigenvalue weighted by molar-refractivity contribution is 6.12. The number of benzene rings is 4. The van der Waals surface area contributed by atoms with Crippen LogP contribution in [-0.4, -0.2) is 0 Å². The second kappa shape index (κ2) is 6.34. The molecule has 2 aliphatic rings. The van der Waals surface area contributed by atoms with Crippen LogP contribution in [0, 0.1) is 5.92 Å². The minimum atomic E-state index is 0.816. The molecule has 0 saturated heterocycles. The van der Waals surface area contributed by atoms with Gasteiger partial charge in [0.25, 0.3) is 0 Å². The molecule has 136 valence electrons. The molecule has 1 saturated carbocycles. The Bertz CT molecular complexity index is 1240. The first-order chi connectivity index (χ1) is 13.9. The van der Waals surface area contributed by atoms with Crippen molar-refractivity contribution >= 4 is 27.6 Å². The van der Waals surface area contributed by atoms with E-state index < -0.39 is 0 Å². The first-order valence-electron chi connectivity index (χ1n) is 10.6. The van der Waals surface area contributed by atoms with Crippen molar-refractivity contribution in [2.45, 2.75) is 32.1 Å². The van der Waals surface area contributed by atoms with Gasteiger partial charge in [-0.2, -0.15) is 0 Å². The van der Waals surface area contributed by atoms with Gasteiger partial charge in [0, 0.05) is 0 Å². The zero-order valence-electron chi connectivity index (χ0n) is 16.1. The Morgan fingerprint density at radius 1 is 0.607 bits per heavy atom. The predicted molar refractivity (Wildman–Crippen MR) is 121 cm³/mol. The van der Waals surface area contributed by atoms with E-state index in [4.69, 9.17) is 0 Å². The lowest BCUT2D eigenvalue weighted by Crippen LogP contribution is -1.99. The van der Waals surface area contributed by atoms with Crippen LogP contribution in [0.2, 0.25) is 0 Å². The van der Waals surface area contributed by atoms with Crippen molar-refractivity contribution in [2.24, 2.45) is 5.92 Å². The maximum absolute atomic E-state index is 2.50. The van der Waals surface area contributed by atoms with Gasteiger partial charge in [0.05, 0.1) is 0 Å². The summed E-state index contributed by atoms with van der Waals surface area (Å²) in [5.74, 6) is 0.816. The van der Waals surface area contributed by atoms with Gasteiger partial charge < -0.3 is 0 Å². The van der Waals surface area contributed by atoms with Crippen molar-refractivity contribution in [3.8, 4) is 11.1 Å². The molecule has 0 bridgehead atoms. The summed E-state index contributed by atoms with van der Waals surface area (Å²) in [5, 5.41) is 5.38. The fourth-order valence-corrected chi connectivity index (χ4v) is 5.48. The van der Waals surface area contributed by atoms with Crippen molar-refractivity contribution in [3.63, 3.8) is 0 Å². The SMILES string of the molecule is C1=C(C2CCCC2)Cc2c1cccc2-c1cccc2c1ccc1ccccc12. The Morgan fingerprint density at radius 3 is 2.32 bits per heavy atom. The lowest BCUT2D eigenvalue weighted by Gasteiger charge is -2.14. The zero-order valence-corrected chi connectivity index (χ0v) is 16.1. The van der Waals surface area contributed by atoms with E-state index in [1.165, 1.54) is 69.5 Å². The highest BCUT2D eigenvalue weighted by Gasteiger charge is 2.25. The van der Waals surface area contributed by atoms with Crippen LogP contribution in [0.15, 0.2) is 78.4 Å². The summed E-state index contributed by atoms with van der Waals surface area (Å²) < 4.78 is 0. The van der Waals surface area contributed by atoms with Crippen LogP contribution in [0.5, 0.6) is 0 Å². The zero-order chi connectivity index (χ0) is 18.5. The number of hydrogen-bond acceptors (Lipinski definition) is 0. The molecule has 4 aromatic rings. The smallest absolute Gasteiger partial charge is 0.00489 e. The highest BCUT2D eigenvalue weighted by atomic mass is 14.3. The summed E-state index contributed by atoms with van der Waals surface area (Å²) in [6.45, 7) is 0. The average Bonchev–Trinajstić information content (AvgIpc) is 3.42. The first-order valence-corrected chi connectivity index (χ1v) is 10.6. The molecule has 4 aromatic carbocycles. The van der Waals surface area contributed by atoms with Crippen molar-refractivity contribution in [1.29, 1.82) is 0 Å². The van der Waals surface area contributed by atoms with E-state index in [-0.39, 0.29) is 0 Å². The van der Waals surface area contributed by atoms with Gasteiger partial charge in [-0.25, -0.2) is 0 Å². The number of hydrogen-bond donors (Lipinski definition) is 0. The van der Waals surface area contributed by atoms with Crippen LogP contribution < -0.4 is 0 Å². The van der Waals surface area contributed by atoms with Gasteiger partial charge in [0.2, 0.25) is 0 Å². The molecule has 0 heterocycles. The van der Waals surface area contributed by atoms with Gasteiger partial charge >= 0.3 is 0 Å². The van der Waals surface area contributed by atoms with Gasteiger partial charge in [0.15, 0.2) is 0 Å². The van der Waals surface area contributed by atoms with Crippen LogP contribution in [0.25, 0.3) is 38.7 Å². The Balaban J connectivity index is 1.52. The van der Waals surface area contributed by atoms with Crippen molar-refractivity contribution in [3.05, 3.63) is 89.5 Å². The number of fused-ring (bicyclic) bond motifs is 4. The Kier molecular flexibility index (Phi) is 3.65. The van der Waals surface area contributed by atoms with E-state index >= 15 is 0 Å². The summed E-state index contributed by atoms with van der Waals surface area (Å²) in [7, 11) is 0. The summed E-state index contributed by atoms with van der Waals surface area (Å²) in [5.41, 5.74) is 7.44. The monoisotopic (exact) mass is 360 g/mol. The van der Waals surface area contributed by atoms with Gasteiger partial charge in [-0.3, -0.25) is 0 Å². The molecule has 0 spiro atoms. The Labute approximate surface area is 166 Å². The van der Waals surface area contributed by atoms with E-state index in [9.17, 15) is 0 Å². The van der Waals surface area contributed by atoms with Crippen LogP contribution in [0.3, 0.4) is 0 Å². The van der Waals surface area contributed by atoms with E-state index in [1.54, 1.807) is 5.57 Å². The van der Waals surface area contributed by atoms with Gasteiger partial charge in [0.1, 0.15) is 0 Å². The highest BCUT2D eigenvalue weighted by Crippen LogP contribution is 2.42. The van der Waals surface area contributed by atoms with Gasteiger partial charge in [-0.1, -0.05) is 97.3 Å². The second-order valence-corrected chi connectivity index (χ2v) is 8.44. The molecule has 0 unspecified atom stereocenters. The lowest BCUT2D eigenvalue weighted by atomic mass is 9.89. The maximum atomic E-state index is 2.50. The topological polar surface area (TPSA) is 0 Å². The molecule has 0 aromatic heterocycles. The molecular formula is C28H24. The van der Waals surface area contributed by atoms with Crippen molar-refractivity contribution < 1.29 is 0 Å². The number of allylic oxidation sites excluding steroid dienone is 1. The fourth-order valence-electron chi connectivity index (χ4n) is 5.48. The van der Waals surface area contributed by atoms with Crippen LogP contribution >= 0.6 is 0 Å². The van der Waals surface area contributed by atoms with Crippen LogP contribution in [0.1, 0.15) is 36.8 Å². The van der Waals surface area contributed by atoms with Crippen LogP contribution in [0.4, 0.5) is 0 Å². The molecule has 0 N–H and O–H groups in total. The third-order valence-electron chi connectivity index (χ3n) is 6.89. The third kappa shape index (κ3) is 2.44. The lowest BCUT2D eigenvalue weighted by molar-refractivity contribution is 0.635. The largest absolute Gasteiger partial charge is 0.0621 e.